The molecule has 4 heterocycles. The van der Waals surface area contributed by atoms with E-state index in [1.165, 1.54) is 17.4 Å². The third-order valence-electron chi connectivity index (χ3n) is 6.09. The van der Waals surface area contributed by atoms with E-state index in [4.69, 9.17) is 9.15 Å². The smallest absolute Gasteiger partial charge is 0.444 e. The number of aromatic nitrogens is 2. The topological polar surface area (TPSA) is 101 Å². The van der Waals surface area contributed by atoms with Crippen molar-refractivity contribution in [3.05, 3.63) is 23.2 Å². The fourth-order valence-corrected chi connectivity index (χ4v) is 5.42. The van der Waals surface area contributed by atoms with Gasteiger partial charge in [-0.3, -0.25) is 4.90 Å². The Hall–Kier alpha value is -3.06. The maximum Gasteiger partial charge on any atom is 0.573 e. The van der Waals surface area contributed by atoms with Crippen LogP contribution >= 0.6 is 11.3 Å². The van der Waals surface area contributed by atoms with Crippen LogP contribution in [0.3, 0.4) is 0 Å². The Morgan fingerprint density at radius 2 is 1.94 bits per heavy atom. The van der Waals surface area contributed by atoms with Gasteiger partial charge in [0.1, 0.15) is 10.6 Å². The highest BCUT2D eigenvalue weighted by atomic mass is 32.1. The molecular weight excluding hydrogens is 501 g/mol. The van der Waals surface area contributed by atoms with Crippen molar-refractivity contribution in [1.82, 2.24) is 14.9 Å². The Morgan fingerprint density at radius 3 is 2.50 bits per heavy atom. The van der Waals surface area contributed by atoms with E-state index in [-0.39, 0.29) is 40.9 Å². The summed E-state index contributed by atoms with van der Waals surface area (Å²) in [6.07, 6.45) is -2.28. The van der Waals surface area contributed by atoms with Gasteiger partial charge in [-0.1, -0.05) is 0 Å². The number of aliphatic hydroxyl groups is 1. The molecule has 2 bridgehead atoms. The van der Waals surface area contributed by atoms with Crippen LogP contribution in [0, 0.1) is 0 Å². The third-order valence-corrected chi connectivity index (χ3v) is 6.90. The van der Waals surface area contributed by atoms with E-state index in [9.17, 15) is 23.1 Å². The number of hydrogen-bond acceptors (Lipinski definition) is 9. The molecule has 2 aliphatic rings. The first-order valence-corrected chi connectivity index (χ1v) is 12.3. The molecule has 2 atom stereocenters. The zero-order valence-corrected chi connectivity index (χ0v) is 20.6. The number of piperazine rings is 1. The van der Waals surface area contributed by atoms with Crippen molar-refractivity contribution in [2.24, 2.45) is 0 Å². The number of anilines is 1. The van der Waals surface area contributed by atoms with Gasteiger partial charge in [0.05, 0.1) is 24.3 Å². The second kappa shape index (κ2) is 8.80. The number of carbonyl (C=O) groups is 1. The number of nitrogens with zero attached hydrogens (tertiary/aromatic N) is 4. The minimum Gasteiger partial charge on any atom is -0.444 e. The summed E-state index contributed by atoms with van der Waals surface area (Å²) in [4.78, 5) is 25.0. The molecule has 0 radical (unpaired) electrons. The van der Waals surface area contributed by atoms with Crippen LogP contribution in [-0.2, 0) is 11.3 Å². The molecule has 0 spiro atoms. The zero-order valence-electron chi connectivity index (χ0n) is 19.8. The molecule has 2 saturated heterocycles. The number of halogens is 3. The number of oxazole rings is 1. The van der Waals surface area contributed by atoms with Gasteiger partial charge in [0, 0.05) is 30.2 Å². The predicted molar refractivity (Wildman–Crippen MR) is 125 cm³/mol. The molecule has 2 aromatic heterocycles. The number of carbonyl (C=O) groups excluding carboxylic acids is 1. The van der Waals surface area contributed by atoms with Crippen molar-refractivity contribution in [2.75, 3.05) is 18.0 Å². The van der Waals surface area contributed by atoms with Crippen LogP contribution in [0.15, 0.2) is 22.1 Å². The maximum absolute atomic E-state index is 13.2. The predicted octanol–water partition coefficient (Wildman–Crippen LogP) is 4.93. The number of alkyl halides is 3. The van der Waals surface area contributed by atoms with E-state index in [1.54, 1.807) is 16.5 Å². The number of benzene rings is 1. The zero-order chi connectivity index (χ0) is 25.8. The summed E-state index contributed by atoms with van der Waals surface area (Å²) in [6, 6.07) is 1.20. The van der Waals surface area contributed by atoms with E-state index >= 15 is 0 Å². The number of rotatable bonds is 4. The summed E-state index contributed by atoms with van der Waals surface area (Å²) in [7, 11) is 0. The van der Waals surface area contributed by atoms with Crippen LogP contribution in [0.1, 0.15) is 39.2 Å². The molecule has 0 aliphatic carbocycles. The molecule has 36 heavy (non-hydrogen) atoms. The lowest BCUT2D eigenvalue weighted by Crippen LogP contribution is -2.56. The Bertz CT molecular complexity index is 1260. The van der Waals surface area contributed by atoms with Gasteiger partial charge < -0.3 is 23.9 Å². The Morgan fingerprint density at radius 1 is 1.25 bits per heavy atom. The number of aliphatic hydroxyl groups excluding tert-OH is 1. The van der Waals surface area contributed by atoms with Gasteiger partial charge in [0.25, 0.3) is 6.01 Å². The van der Waals surface area contributed by atoms with Gasteiger partial charge >= 0.3 is 12.5 Å². The maximum atomic E-state index is 13.2. The van der Waals surface area contributed by atoms with E-state index in [0.29, 0.717) is 23.7 Å². The lowest BCUT2D eigenvalue weighted by molar-refractivity contribution is -0.274. The molecule has 1 aromatic carbocycles. The number of ether oxygens (including phenoxy) is 2. The van der Waals surface area contributed by atoms with E-state index in [1.807, 2.05) is 25.7 Å². The first-order chi connectivity index (χ1) is 16.9. The minimum absolute atomic E-state index is 0.0818. The molecule has 1 N–H and O–H groups in total. The summed E-state index contributed by atoms with van der Waals surface area (Å²) >= 11 is 1.28. The summed E-state index contributed by atoms with van der Waals surface area (Å²) in [5, 5.41) is 12.0. The third kappa shape index (κ3) is 4.69. The minimum atomic E-state index is -4.99. The van der Waals surface area contributed by atoms with E-state index in [0.717, 1.165) is 12.8 Å². The molecule has 0 saturated carbocycles. The molecule has 3 aromatic rings. The fourth-order valence-electron chi connectivity index (χ4n) is 4.77. The lowest BCUT2D eigenvalue weighted by atomic mass is 10.1. The average molecular weight is 527 g/mol. The number of hydrogen-bond donors (Lipinski definition) is 1. The van der Waals surface area contributed by atoms with Crippen LogP contribution in [-0.4, -0.2) is 63.2 Å². The summed E-state index contributed by atoms with van der Waals surface area (Å²) in [6.45, 7) is 5.50. The molecular formula is C23H25F3N4O5S. The fraction of sp³-hybridized carbons (Fsp3) is 0.522. The van der Waals surface area contributed by atoms with Crippen molar-refractivity contribution in [3.8, 4) is 16.3 Å². The molecule has 13 heteroatoms. The summed E-state index contributed by atoms with van der Waals surface area (Å²) < 4.78 is 55.6. The summed E-state index contributed by atoms with van der Waals surface area (Å²) in [5.74, 6) is -0.606. The van der Waals surface area contributed by atoms with Crippen molar-refractivity contribution in [3.63, 3.8) is 0 Å². The normalized spacial score (nSPS) is 20.3. The first-order valence-electron chi connectivity index (χ1n) is 11.4. The van der Waals surface area contributed by atoms with E-state index in [2.05, 4.69) is 14.7 Å². The number of thiazole rings is 1. The van der Waals surface area contributed by atoms with Gasteiger partial charge in [-0.05, 0) is 39.7 Å². The second-order valence-electron chi connectivity index (χ2n) is 9.81. The molecule has 2 unspecified atom stereocenters. The monoisotopic (exact) mass is 526 g/mol. The van der Waals surface area contributed by atoms with Crippen LogP contribution in [0.2, 0.25) is 0 Å². The molecule has 1 amide bonds. The molecule has 194 valence electrons. The highest BCUT2D eigenvalue weighted by Gasteiger charge is 2.45. The average Bonchev–Trinajstić information content (AvgIpc) is 3.50. The molecule has 5 rings (SSSR count). The first kappa shape index (κ1) is 24.6. The van der Waals surface area contributed by atoms with Crippen molar-refractivity contribution in [1.29, 1.82) is 0 Å². The van der Waals surface area contributed by atoms with Crippen LogP contribution < -0.4 is 9.64 Å². The van der Waals surface area contributed by atoms with Gasteiger partial charge in [-0.25, -0.2) is 9.78 Å². The van der Waals surface area contributed by atoms with Crippen LogP contribution in [0.5, 0.6) is 5.75 Å². The molecule has 9 nitrogen and oxygen atoms in total. The quantitative estimate of drug-likeness (QED) is 0.511. The van der Waals surface area contributed by atoms with Crippen LogP contribution in [0.4, 0.5) is 24.0 Å². The van der Waals surface area contributed by atoms with Gasteiger partial charge in [-0.15, -0.1) is 24.5 Å². The highest BCUT2D eigenvalue weighted by molar-refractivity contribution is 7.13. The Balaban J connectivity index is 1.53. The SMILES string of the molecule is CC(C)(C)OC(=O)N1C2CCC1CN(c1nc3c(OC(F)(F)F)c(CO)cc(-c4nccs4)c3o1)C2. The molecule has 2 fully saturated rings. The van der Waals surface area contributed by atoms with Gasteiger partial charge in [0.15, 0.2) is 16.8 Å². The number of fused-ring (bicyclic) bond motifs is 3. The van der Waals surface area contributed by atoms with E-state index < -0.39 is 24.3 Å². The standard InChI is InChI=1S/C23H25F3N4O5S/c1-22(2,3)35-21(32)30-13-4-5-14(30)10-29(9-13)20-28-16-17(34-23(24,25)26)12(11-31)8-15(18(16)33-20)19-27-6-7-36-19/h6-8,13-14,31H,4-5,9-11H2,1-3H3. The second-order valence-corrected chi connectivity index (χ2v) is 10.7. The summed E-state index contributed by atoms with van der Waals surface area (Å²) in [5.41, 5.74) is -0.369. The van der Waals surface area contributed by atoms with Gasteiger partial charge in [-0.2, -0.15) is 4.98 Å². The number of amides is 1. The Labute approximate surface area is 208 Å². The highest BCUT2D eigenvalue weighted by Crippen LogP contribution is 2.43. The van der Waals surface area contributed by atoms with Gasteiger partial charge in [0.2, 0.25) is 0 Å². The van der Waals surface area contributed by atoms with Crippen LogP contribution in [0.25, 0.3) is 21.7 Å². The van der Waals surface area contributed by atoms with Crippen molar-refractivity contribution >= 4 is 34.5 Å². The lowest BCUT2D eigenvalue weighted by Gasteiger charge is -2.40. The Kier molecular flexibility index (Phi) is 6.02. The molecule has 2 aliphatic heterocycles. The largest absolute Gasteiger partial charge is 0.573 e. The van der Waals surface area contributed by atoms with Crippen molar-refractivity contribution in [2.45, 2.75) is 64.3 Å². The van der Waals surface area contributed by atoms with Crippen molar-refractivity contribution < 1.29 is 37.0 Å².